The first kappa shape index (κ1) is 12.0. The number of hydrogen-bond acceptors (Lipinski definition) is 3. The topological polar surface area (TPSA) is 37.8 Å². The first-order valence-corrected chi connectivity index (χ1v) is 6.44. The molecule has 1 N–H and O–H groups in total. The molecule has 2 aromatic carbocycles. The molecule has 0 spiro atoms. The number of nitrogens with one attached hydrogen (secondary N) is 1. The number of anilines is 2. The van der Waals surface area contributed by atoms with Crippen molar-refractivity contribution < 1.29 is 4.39 Å². The van der Waals surface area contributed by atoms with Gasteiger partial charge in [-0.25, -0.2) is 4.39 Å². The highest BCUT2D eigenvalue weighted by molar-refractivity contribution is 9.10. The molecule has 3 rings (SSSR count). The second kappa shape index (κ2) is 4.93. The van der Waals surface area contributed by atoms with Crippen LogP contribution in [-0.2, 0) is 0 Å². The Morgan fingerprint density at radius 2 is 1.58 bits per heavy atom. The number of halogens is 2. The molecule has 0 bridgehead atoms. The third kappa shape index (κ3) is 2.56. The number of rotatable bonds is 2. The van der Waals surface area contributed by atoms with E-state index in [1.807, 2.05) is 12.1 Å². The van der Waals surface area contributed by atoms with Gasteiger partial charge in [-0.15, -0.1) is 0 Å². The van der Waals surface area contributed by atoms with E-state index in [-0.39, 0.29) is 5.82 Å². The third-order valence-electron chi connectivity index (χ3n) is 2.68. The molecule has 0 aliphatic heterocycles. The Balaban J connectivity index is 2.00. The molecule has 19 heavy (non-hydrogen) atoms. The zero-order valence-electron chi connectivity index (χ0n) is 9.77. The first-order chi connectivity index (χ1) is 9.22. The lowest BCUT2D eigenvalue weighted by molar-refractivity contribution is 0.628. The molecule has 0 saturated carbocycles. The van der Waals surface area contributed by atoms with E-state index < -0.39 is 0 Å². The van der Waals surface area contributed by atoms with Gasteiger partial charge >= 0.3 is 0 Å². The zero-order chi connectivity index (χ0) is 13.2. The molecule has 1 aromatic heterocycles. The summed E-state index contributed by atoms with van der Waals surface area (Å²) in [5.41, 5.74) is 3.29. The van der Waals surface area contributed by atoms with Crippen LogP contribution in [0.3, 0.4) is 0 Å². The fourth-order valence-corrected chi connectivity index (χ4v) is 2.20. The van der Waals surface area contributed by atoms with E-state index in [4.69, 9.17) is 0 Å². The number of aromatic nitrogens is 2. The summed E-state index contributed by atoms with van der Waals surface area (Å²) in [5.74, 6) is -0.256. The molecule has 3 aromatic rings. The lowest BCUT2D eigenvalue weighted by atomic mass is 10.2. The summed E-state index contributed by atoms with van der Waals surface area (Å²) in [6.45, 7) is 0. The van der Waals surface area contributed by atoms with Crippen LogP contribution in [0.25, 0.3) is 11.0 Å². The van der Waals surface area contributed by atoms with Gasteiger partial charge in [-0.1, -0.05) is 0 Å². The molecule has 94 valence electrons. The summed E-state index contributed by atoms with van der Waals surface area (Å²) in [7, 11) is 0. The molecular formula is C14H9BrFN3. The van der Waals surface area contributed by atoms with Crippen LogP contribution >= 0.6 is 15.9 Å². The molecule has 0 amide bonds. The maximum atomic E-state index is 12.9. The minimum atomic E-state index is -0.256. The summed E-state index contributed by atoms with van der Waals surface area (Å²) < 4.78 is 13.7. The van der Waals surface area contributed by atoms with Gasteiger partial charge in [0.1, 0.15) is 5.82 Å². The Hall–Kier alpha value is -2.01. The van der Waals surface area contributed by atoms with Crippen LogP contribution in [0, 0.1) is 5.82 Å². The summed E-state index contributed by atoms with van der Waals surface area (Å²) >= 11 is 3.48. The van der Waals surface area contributed by atoms with Crippen molar-refractivity contribution >= 4 is 38.3 Å². The van der Waals surface area contributed by atoms with Crippen molar-refractivity contribution in [2.75, 3.05) is 5.32 Å². The molecule has 0 saturated heterocycles. The number of fused-ring (bicyclic) bond motifs is 1. The Kier molecular flexibility index (Phi) is 3.13. The molecule has 0 atom stereocenters. The highest BCUT2D eigenvalue weighted by atomic mass is 79.9. The third-order valence-corrected chi connectivity index (χ3v) is 3.34. The zero-order valence-corrected chi connectivity index (χ0v) is 11.4. The van der Waals surface area contributed by atoms with Gasteiger partial charge in [-0.2, -0.15) is 0 Å². The minimum absolute atomic E-state index is 0.256. The van der Waals surface area contributed by atoms with E-state index in [0.717, 1.165) is 26.9 Å². The van der Waals surface area contributed by atoms with Crippen LogP contribution in [0.15, 0.2) is 53.3 Å². The van der Waals surface area contributed by atoms with Crippen molar-refractivity contribution in [3.8, 4) is 0 Å². The second-order valence-corrected chi connectivity index (χ2v) is 4.86. The summed E-state index contributed by atoms with van der Waals surface area (Å²) in [6.07, 6.45) is 3.31. The molecule has 0 radical (unpaired) electrons. The normalized spacial score (nSPS) is 10.6. The van der Waals surface area contributed by atoms with E-state index in [1.54, 1.807) is 24.5 Å². The van der Waals surface area contributed by atoms with Crippen LogP contribution in [0.5, 0.6) is 0 Å². The van der Waals surface area contributed by atoms with Crippen LogP contribution in [0.4, 0.5) is 15.8 Å². The van der Waals surface area contributed by atoms with Crippen LogP contribution < -0.4 is 5.32 Å². The predicted octanol–water partition coefficient (Wildman–Crippen LogP) is 4.28. The SMILES string of the molecule is Fc1ccc(Nc2cc3nccnc3cc2Br)cc1. The Labute approximate surface area is 117 Å². The molecule has 1 heterocycles. The van der Waals surface area contributed by atoms with Crippen LogP contribution in [0.2, 0.25) is 0 Å². The van der Waals surface area contributed by atoms with Crippen LogP contribution in [0.1, 0.15) is 0 Å². The summed E-state index contributed by atoms with van der Waals surface area (Å²) in [5, 5.41) is 3.21. The molecule has 0 aliphatic carbocycles. The second-order valence-electron chi connectivity index (χ2n) is 4.01. The standard InChI is InChI=1S/C14H9BrFN3/c15-11-7-13-14(18-6-5-17-13)8-12(11)19-10-3-1-9(16)2-4-10/h1-8,19H. The number of nitrogens with zero attached hydrogens (tertiary/aromatic N) is 2. The van der Waals surface area contributed by atoms with Gasteiger partial charge in [-0.05, 0) is 52.3 Å². The van der Waals surface area contributed by atoms with Gasteiger partial charge in [0.2, 0.25) is 0 Å². The predicted molar refractivity (Wildman–Crippen MR) is 76.9 cm³/mol. The van der Waals surface area contributed by atoms with E-state index in [1.165, 1.54) is 12.1 Å². The molecule has 3 nitrogen and oxygen atoms in total. The molecule has 5 heteroatoms. The van der Waals surface area contributed by atoms with Gasteiger partial charge < -0.3 is 5.32 Å². The quantitative estimate of drug-likeness (QED) is 0.766. The largest absolute Gasteiger partial charge is 0.355 e. The molecule has 0 aliphatic rings. The van der Waals surface area contributed by atoms with Crippen molar-refractivity contribution in [1.29, 1.82) is 0 Å². The Bertz CT molecular complexity index is 728. The maximum Gasteiger partial charge on any atom is 0.123 e. The summed E-state index contributed by atoms with van der Waals surface area (Å²) in [4.78, 5) is 8.49. The molecular weight excluding hydrogens is 309 g/mol. The average Bonchev–Trinajstić information content (AvgIpc) is 2.42. The Morgan fingerprint density at radius 1 is 0.947 bits per heavy atom. The van der Waals surface area contributed by atoms with Crippen molar-refractivity contribution in [2.45, 2.75) is 0 Å². The van der Waals surface area contributed by atoms with Crippen molar-refractivity contribution in [3.63, 3.8) is 0 Å². The van der Waals surface area contributed by atoms with Crippen LogP contribution in [-0.4, -0.2) is 9.97 Å². The van der Waals surface area contributed by atoms with Gasteiger partial charge in [0.25, 0.3) is 0 Å². The molecule has 0 unspecified atom stereocenters. The van der Waals surface area contributed by atoms with Gasteiger partial charge in [-0.3, -0.25) is 9.97 Å². The fraction of sp³-hybridized carbons (Fsp3) is 0. The van der Waals surface area contributed by atoms with E-state index in [0.29, 0.717) is 0 Å². The van der Waals surface area contributed by atoms with Gasteiger partial charge in [0, 0.05) is 22.6 Å². The van der Waals surface area contributed by atoms with Gasteiger partial charge in [0.05, 0.1) is 16.7 Å². The Morgan fingerprint density at radius 3 is 2.26 bits per heavy atom. The van der Waals surface area contributed by atoms with Crippen molar-refractivity contribution in [3.05, 3.63) is 59.1 Å². The monoisotopic (exact) mass is 317 g/mol. The highest BCUT2D eigenvalue weighted by Gasteiger charge is 2.05. The summed E-state index contributed by atoms with van der Waals surface area (Å²) in [6, 6.07) is 9.99. The first-order valence-electron chi connectivity index (χ1n) is 5.65. The van der Waals surface area contributed by atoms with E-state index in [9.17, 15) is 4.39 Å². The number of benzene rings is 2. The molecule has 0 fully saturated rings. The van der Waals surface area contributed by atoms with E-state index in [2.05, 4.69) is 31.2 Å². The minimum Gasteiger partial charge on any atom is -0.355 e. The van der Waals surface area contributed by atoms with Crippen molar-refractivity contribution in [2.24, 2.45) is 0 Å². The van der Waals surface area contributed by atoms with Gasteiger partial charge in [0.15, 0.2) is 0 Å². The fourth-order valence-electron chi connectivity index (χ4n) is 1.77. The number of hydrogen-bond donors (Lipinski definition) is 1. The average molecular weight is 318 g/mol. The van der Waals surface area contributed by atoms with E-state index >= 15 is 0 Å². The smallest absolute Gasteiger partial charge is 0.123 e. The lowest BCUT2D eigenvalue weighted by Crippen LogP contribution is -1.93. The lowest BCUT2D eigenvalue weighted by Gasteiger charge is -2.09. The highest BCUT2D eigenvalue weighted by Crippen LogP contribution is 2.29. The van der Waals surface area contributed by atoms with Crippen molar-refractivity contribution in [1.82, 2.24) is 9.97 Å². The maximum absolute atomic E-state index is 12.9.